The zero-order valence-electron chi connectivity index (χ0n) is 16.0. The number of benzene rings is 2. The van der Waals surface area contributed by atoms with Gasteiger partial charge in [0, 0.05) is 18.2 Å². The topological polar surface area (TPSA) is 84.7 Å². The van der Waals surface area contributed by atoms with E-state index in [2.05, 4.69) is 5.32 Å². The molecule has 27 heavy (non-hydrogen) atoms. The van der Waals surface area contributed by atoms with Gasteiger partial charge in [-0.3, -0.25) is 4.79 Å². The molecule has 144 valence electrons. The first-order valence-electron chi connectivity index (χ1n) is 8.91. The summed E-state index contributed by atoms with van der Waals surface area (Å²) in [5.74, 6) is -0.442. The SMILES string of the molecule is CC(OC(=O)NCC(Cc1ccc(C(N)=O)cc1)N(C)C)c1ccccc1. The van der Waals surface area contributed by atoms with Crippen molar-refractivity contribution in [2.45, 2.75) is 25.5 Å². The average Bonchev–Trinajstić information content (AvgIpc) is 2.65. The van der Waals surface area contributed by atoms with Crippen LogP contribution in [0.15, 0.2) is 54.6 Å². The summed E-state index contributed by atoms with van der Waals surface area (Å²) in [6, 6.07) is 16.9. The summed E-state index contributed by atoms with van der Waals surface area (Å²) < 4.78 is 5.44. The minimum absolute atomic E-state index is 0.0870. The lowest BCUT2D eigenvalue weighted by atomic mass is 10.0. The number of alkyl carbamates (subject to hydrolysis) is 1. The van der Waals surface area contributed by atoms with E-state index in [1.165, 1.54) is 0 Å². The van der Waals surface area contributed by atoms with Crippen molar-refractivity contribution < 1.29 is 14.3 Å². The van der Waals surface area contributed by atoms with Crippen LogP contribution in [0.3, 0.4) is 0 Å². The Morgan fingerprint density at radius 1 is 1.07 bits per heavy atom. The molecule has 0 fully saturated rings. The number of likely N-dealkylation sites (N-methyl/N-ethyl adjacent to an activating group) is 1. The molecule has 2 unspecified atom stereocenters. The second kappa shape index (κ2) is 9.73. The van der Waals surface area contributed by atoms with Gasteiger partial charge in [0.1, 0.15) is 6.10 Å². The third-order valence-electron chi connectivity index (χ3n) is 4.47. The zero-order valence-corrected chi connectivity index (χ0v) is 16.0. The van der Waals surface area contributed by atoms with E-state index in [4.69, 9.17) is 10.5 Å². The van der Waals surface area contributed by atoms with Crippen molar-refractivity contribution >= 4 is 12.0 Å². The summed E-state index contributed by atoms with van der Waals surface area (Å²) in [6.45, 7) is 2.30. The van der Waals surface area contributed by atoms with Crippen molar-refractivity contribution in [2.24, 2.45) is 5.73 Å². The van der Waals surface area contributed by atoms with Crippen LogP contribution in [0.2, 0.25) is 0 Å². The highest BCUT2D eigenvalue weighted by Gasteiger charge is 2.16. The molecule has 2 aromatic carbocycles. The number of primary amides is 1. The molecule has 6 heteroatoms. The van der Waals surface area contributed by atoms with Crippen molar-refractivity contribution in [1.29, 1.82) is 0 Å². The molecule has 2 rings (SSSR count). The molecule has 0 aromatic heterocycles. The van der Waals surface area contributed by atoms with Gasteiger partial charge in [-0.1, -0.05) is 42.5 Å². The number of carbonyl (C=O) groups excluding carboxylic acids is 2. The molecule has 2 aromatic rings. The number of nitrogens with one attached hydrogen (secondary N) is 1. The summed E-state index contributed by atoms with van der Waals surface area (Å²) in [5.41, 5.74) is 7.76. The van der Waals surface area contributed by atoms with Crippen LogP contribution >= 0.6 is 0 Å². The van der Waals surface area contributed by atoms with E-state index in [1.807, 2.05) is 68.4 Å². The van der Waals surface area contributed by atoms with E-state index in [1.54, 1.807) is 12.1 Å². The normalized spacial score (nSPS) is 13.0. The number of amides is 2. The minimum Gasteiger partial charge on any atom is -0.442 e. The van der Waals surface area contributed by atoms with Crippen LogP contribution in [0.4, 0.5) is 4.79 Å². The van der Waals surface area contributed by atoms with E-state index in [9.17, 15) is 9.59 Å². The molecule has 0 bridgehead atoms. The van der Waals surface area contributed by atoms with E-state index in [0.29, 0.717) is 12.1 Å². The van der Waals surface area contributed by atoms with Gasteiger partial charge in [-0.05, 0) is 50.7 Å². The zero-order chi connectivity index (χ0) is 19.8. The number of nitrogens with zero attached hydrogens (tertiary/aromatic N) is 1. The summed E-state index contributed by atoms with van der Waals surface area (Å²) in [4.78, 5) is 25.3. The van der Waals surface area contributed by atoms with Gasteiger partial charge in [0.15, 0.2) is 0 Å². The van der Waals surface area contributed by atoms with Gasteiger partial charge in [-0.2, -0.15) is 0 Å². The third-order valence-corrected chi connectivity index (χ3v) is 4.47. The standard InChI is InChI=1S/C21H27N3O3/c1-15(17-7-5-4-6-8-17)27-21(26)23-14-19(24(2)3)13-16-9-11-18(12-10-16)20(22)25/h4-12,15,19H,13-14H2,1-3H3,(H2,22,25)(H,23,26). The molecule has 2 amide bonds. The Kier molecular flexibility index (Phi) is 7.37. The smallest absolute Gasteiger partial charge is 0.407 e. The van der Waals surface area contributed by atoms with E-state index >= 15 is 0 Å². The highest BCUT2D eigenvalue weighted by atomic mass is 16.6. The molecular weight excluding hydrogens is 342 g/mol. The molecule has 0 radical (unpaired) electrons. The number of rotatable bonds is 8. The highest BCUT2D eigenvalue weighted by Crippen LogP contribution is 2.16. The van der Waals surface area contributed by atoms with Gasteiger partial charge >= 0.3 is 6.09 Å². The quantitative estimate of drug-likeness (QED) is 0.749. The Hall–Kier alpha value is -2.86. The fraction of sp³-hybridized carbons (Fsp3) is 0.333. The molecule has 0 heterocycles. The van der Waals surface area contributed by atoms with Gasteiger partial charge in [0.2, 0.25) is 5.91 Å². The van der Waals surface area contributed by atoms with Crippen molar-refractivity contribution in [2.75, 3.05) is 20.6 Å². The van der Waals surface area contributed by atoms with E-state index in [0.717, 1.165) is 17.5 Å². The highest BCUT2D eigenvalue weighted by molar-refractivity contribution is 5.92. The van der Waals surface area contributed by atoms with Gasteiger partial charge in [0.05, 0.1) is 0 Å². The first-order valence-corrected chi connectivity index (χ1v) is 8.91. The third kappa shape index (κ3) is 6.42. The fourth-order valence-corrected chi connectivity index (χ4v) is 2.71. The predicted molar refractivity (Wildman–Crippen MR) is 105 cm³/mol. The molecule has 0 saturated carbocycles. The van der Waals surface area contributed by atoms with Crippen LogP contribution in [0.1, 0.15) is 34.5 Å². The Labute approximate surface area is 160 Å². The molecule has 3 N–H and O–H groups in total. The molecule has 0 aliphatic carbocycles. The number of hydrogen-bond donors (Lipinski definition) is 2. The molecule has 2 atom stereocenters. The summed E-state index contributed by atoms with van der Waals surface area (Å²) >= 11 is 0. The number of nitrogens with two attached hydrogens (primary N) is 1. The van der Waals surface area contributed by atoms with Crippen LogP contribution in [0.5, 0.6) is 0 Å². The van der Waals surface area contributed by atoms with E-state index in [-0.39, 0.29) is 12.1 Å². The van der Waals surface area contributed by atoms with Crippen molar-refractivity contribution in [3.05, 3.63) is 71.3 Å². The molecule has 0 saturated heterocycles. The van der Waals surface area contributed by atoms with Crippen LogP contribution in [-0.4, -0.2) is 43.6 Å². The largest absolute Gasteiger partial charge is 0.442 e. The summed E-state index contributed by atoms with van der Waals surface area (Å²) in [6.07, 6.45) is -0.0340. The Balaban J connectivity index is 1.88. The second-order valence-electron chi connectivity index (χ2n) is 6.72. The minimum atomic E-state index is -0.442. The summed E-state index contributed by atoms with van der Waals surface area (Å²) in [7, 11) is 3.92. The second-order valence-corrected chi connectivity index (χ2v) is 6.72. The maximum Gasteiger partial charge on any atom is 0.407 e. The predicted octanol–water partition coefficient (Wildman–Crippen LogP) is 2.75. The van der Waals surface area contributed by atoms with Gasteiger partial charge in [0.25, 0.3) is 0 Å². The lowest BCUT2D eigenvalue weighted by molar-refractivity contribution is 0.0998. The summed E-state index contributed by atoms with van der Waals surface area (Å²) in [5, 5.41) is 2.84. The number of hydrogen-bond acceptors (Lipinski definition) is 4. The maximum atomic E-state index is 12.1. The van der Waals surface area contributed by atoms with Crippen molar-refractivity contribution in [3.8, 4) is 0 Å². The molecule has 0 spiro atoms. The van der Waals surface area contributed by atoms with Gasteiger partial charge in [-0.15, -0.1) is 0 Å². The maximum absolute atomic E-state index is 12.1. The van der Waals surface area contributed by atoms with E-state index < -0.39 is 12.0 Å². The average molecular weight is 369 g/mol. The number of ether oxygens (including phenoxy) is 1. The Morgan fingerprint density at radius 3 is 2.26 bits per heavy atom. The Bertz CT molecular complexity index is 745. The van der Waals surface area contributed by atoms with Crippen molar-refractivity contribution in [1.82, 2.24) is 10.2 Å². The molecule has 0 aliphatic heterocycles. The van der Waals surface area contributed by atoms with Crippen LogP contribution in [-0.2, 0) is 11.2 Å². The molecular formula is C21H27N3O3. The molecule has 0 aliphatic rings. The molecule has 6 nitrogen and oxygen atoms in total. The van der Waals surface area contributed by atoms with Crippen LogP contribution < -0.4 is 11.1 Å². The lowest BCUT2D eigenvalue weighted by Gasteiger charge is -2.25. The monoisotopic (exact) mass is 369 g/mol. The lowest BCUT2D eigenvalue weighted by Crippen LogP contribution is -2.42. The van der Waals surface area contributed by atoms with Crippen LogP contribution in [0, 0.1) is 0 Å². The van der Waals surface area contributed by atoms with Gasteiger partial charge in [-0.25, -0.2) is 4.79 Å². The van der Waals surface area contributed by atoms with Crippen molar-refractivity contribution in [3.63, 3.8) is 0 Å². The van der Waals surface area contributed by atoms with Gasteiger partial charge < -0.3 is 20.7 Å². The first-order chi connectivity index (χ1) is 12.9. The first kappa shape index (κ1) is 20.5. The number of carbonyl (C=O) groups is 2. The Morgan fingerprint density at radius 2 is 1.70 bits per heavy atom. The fourth-order valence-electron chi connectivity index (χ4n) is 2.71. The van der Waals surface area contributed by atoms with Crippen LogP contribution in [0.25, 0.3) is 0 Å².